The van der Waals surface area contributed by atoms with Crippen LogP contribution in [0.5, 0.6) is 5.75 Å². The normalized spacial score (nSPS) is 24.1. The molecular formula is C11H17N3O4. The third-order valence-electron chi connectivity index (χ3n) is 2.98. The summed E-state index contributed by atoms with van der Waals surface area (Å²) in [6.45, 7) is 2.86. The van der Waals surface area contributed by atoms with Crippen molar-refractivity contribution in [1.82, 2.24) is 9.97 Å². The van der Waals surface area contributed by atoms with Crippen molar-refractivity contribution in [2.75, 3.05) is 31.8 Å². The first kappa shape index (κ1) is 12.8. The van der Waals surface area contributed by atoms with Gasteiger partial charge in [-0.25, -0.2) is 4.98 Å². The van der Waals surface area contributed by atoms with Crippen LogP contribution in [0.25, 0.3) is 0 Å². The van der Waals surface area contributed by atoms with Crippen molar-refractivity contribution in [2.24, 2.45) is 0 Å². The molecule has 0 amide bonds. The maximum atomic E-state index is 11.6. The first-order chi connectivity index (χ1) is 8.67. The lowest BCUT2D eigenvalue weighted by molar-refractivity contribution is -0.0107. The Kier molecular flexibility index (Phi) is 3.83. The Labute approximate surface area is 104 Å². The summed E-state index contributed by atoms with van der Waals surface area (Å²) in [5, 5.41) is 9.15. The first-order valence-corrected chi connectivity index (χ1v) is 5.78. The summed E-state index contributed by atoms with van der Waals surface area (Å²) < 4.78 is 10.5. The van der Waals surface area contributed by atoms with Gasteiger partial charge in [0, 0.05) is 6.54 Å². The lowest BCUT2D eigenvalue weighted by atomic mass is 10.2. The molecule has 1 aromatic rings. The molecule has 1 saturated heterocycles. The highest BCUT2D eigenvalue weighted by atomic mass is 16.5. The van der Waals surface area contributed by atoms with Crippen molar-refractivity contribution in [1.29, 1.82) is 0 Å². The van der Waals surface area contributed by atoms with E-state index in [1.165, 1.54) is 13.4 Å². The van der Waals surface area contributed by atoms with Crippen molar-refractivity contribution in [3.05, 3.63) is 16.7 Å². The van der Waals surface area contributed by atoms with Crippen molar-refractivity contribution in [3.63, 3.8) is 0 Å². The number of nitrogens with zero attached hydrogens (tertiary/aromatic N) is 2. The van der Waals surface area contributed by atoms with E-state index in [1.54, 1.807) is 0 Å². The summed E-state index contributed by atoms with van der Waals surface area (Å²) in [4.78, 5) is 20.2. The molecule has 2 heterocycles. The van der Waals surface area contributed by atoms with Crippen molar-refractivity contribution in [2.45, 2.75) is 19.1 Å². The molecule has 0 bridgehead atoms. The van der Waals surface area contributed by atoms with Crippen LogP contribution in [0.3, 0.4) is 0 Å². The van der Waals surface area contributed by atoms with Gasteiger partial charge in [0.15, 0.2) is 5.82 Å². The number of hydrogen-bond acceptors (Lipinski definition) is 6. The van der Waals surface area contributed by atoms with Gasteiger partial charge in [-0.1, -0.05) is 0 Å². The third-order valence-corrected chi connectivity index (χ3v) is 2.98. The Balaban J connectivity index is 2.34. The lowest BCUT2D eigenvalue weighted by Crippen LogP contribution is -2.50. The minimum Gasteiger partial charge on any atom is -0.489 e. The summed E-state index contributed by atoms with van der Waals surface area (Å²) in [5.74, 6) is 0.665. The number of ether oxygens (including phenoxy) is 2. The zero-order valence-corrected chi connectivity index (χ0v) is 10.4. The molecule has 1 aliphatic heterocycles. The van der Waals surface area contributed by atoms with Gasteiger partial charge >= 0.3 is 0 Å². The number of aromatic nitrogens is 2. The molecule has 2 unspecified atom stereocenters. The zero-order valence-electron chi connectivity index (χ0n) is 10.4. The number of anilines is 1. The number of aromatic amines is 1. The second-order valence-corrected chi connectivity index (χ2v) is 4.23. The third kappa shape index (κ3) is 2.32. The van der Waals surface area contributed by atoms with Crippen LogP contribution in [0.2, 0.25) is 0 Å². The largest absolute Gasteiger partial charge is 0.489 e. The minimum absolute atomic E-state index is 0.0608. The van der Waals surface area contributed by atoms with Gasteiger partial charge in [0.2, 0.25) is 5.75 Å². The molecule has 2 rings (SSSR count). The smallest absolute Gasteiger partial charge is 0.295 e. The predicted molar refractivity (Wildman–Crippen MR) is 65.0 cm³/mol. The van der Waals surface area contributed by atoms with Crippen LogP contribution in [0.1, 0.15) is 6.92 Å². The van der Waals surface area contributed by atoms with E-state index in [0.717, 1.165) is 0 Å². The minimum atomic E-state index is -0.318. The van der Waals surface area contributed by atoms with Crippen LogP contribution in [0, 0.1) is 0 Å². The second-order valence-electron chi connectivity index (χ2n) is 4.23. The maximum Gasteiger partial charge on any atom is 0.295 e. The van der Waals surface area contributed by atoms with Gasteiger partial charge in [0.05, 0.1) is 38.8 Å². The van der Waals surface area contributed by atoms with E-state index in [2.05, 4.69) is 9.97 Å². The summed E-state index contributed by atoms with van der Waals surface area (Å²) in [6.07, 6.45) is 1.07. The van der Waals surface area contributed by atoms with E-state index in [-0.39, 0.29) is 30.1 Å². The SMILES string of the molecule is COc1c(N2CC(CO)OCC2C)nc[nH]c1=O. The fraction of sp³-hybridized carbons (Fsp3) is 0.636. The van der Waals surface area contributed by atoms with Crippen LogP contribution < -0.4 is 15.2 Å². The Morgan fingerprint density at radius 1 is 1.72 bits per heavy atom. The Morgan fingerprint density at radius 2 is 2.50 bits per heavy atom. The molecule has 1 aliphatic rings. The molecule has 18 heavy (non-hydrogen) atoms. The molecule has 0 radical (unpaired) electrons. The molecule has 0 aliphatic carbocycles. The molecule has 7 nitrogen and oxygen atoms in total. The van der Waals surface area contributed by atoms with Crippen LogP contribution >= 0.6 is 0 Å². The standard InChI is InChI=1S/C11H17N3O4/c1-7-5-18-8(4-15)3-14(7)10-9(17-2)11(16)13-6-12-10/h6-8,15H,3-5H2,1-2H3,(H,12,13,16). The van der Waals surface area contributed by atoms with Gasteiger partial charge < -0.3 is 24.5 Å². The summed E-state index contributed by atoms with van der Waals surface area (Å²) >= 11 is 0. The van der Waals surface area contributed by atoms with E-state index in [1.807, 2.05) is 11.8 Å². The number of aliphatic hydroxyl groups is 1. The number of morpholine rings is 1. The Bertz CT molecular complexity index is 462. The number of rotatable bonds is 3. The van der Waals surface area contributed by atoms with Gasteiger partial charge in [-0.15, -0.1) is 0 Å². The Hall–Kier alpha value is -1.60. The highest BCUT2D eigenvalue weighted by Crippen LogP contribution is 2.25. The summed E-state index contributed by atoms with van der Waals surface area (Å²) in [5.41, 5.74) is -0.318. The van der Waals surface area contributed by atoms with Crippen LogP contribution in [0.4, 0.5) is 5.82 Å². The van der Waals surface area contributed by atoms with E-state index in [0.29, 0.717) is 19.0 Å². The zero-order chi connectivity index (χ0) is 13.1. The fourth-order valence-corrected chi connectivity index (χ4v) is 1.99. The van der Waals surface area contributed by atoms with Crippen LogP contribution in [-0.2, 0) is 4.74 Å². The monoisotopic (exact) mass is 255 g/mol. The molecule has 1 fully saturated rings. The van der Waals surface area contributed by atoms with Gasteiger partial charge in [-0.2, -0.15) is 0 Å². The highest BCUT2D eigenvalue weighted by molar-refractivity contribution is 5.51. The Morgan fingerprint density at radius 3 is 3.17 bits per heavy atom. The van der Waals surface area contributed by atoms with Gasteiger partial charge in [0.1, 0.15) is 0 Å². The number of methoxy groups -OCH3 is 1. The van der Waals surface area contributed by atoms with Crippen molar-refractivity contribution >= 4 is 5.82 Å². The predicted octanol–water partition coefficient (Wildman–Crippen LogP) is -0.635. The van der Waals surface area contributed by atoms with Crippen LogP contribution in [-0.4, -0.2) is 54.1 Å². The lowest BCUT2D eigenvalue weighted by Gasteiger charge is -2.38. The van der Waals surface area contributed by atoms with Crippen LogP contribution in [0.15, 0.2) is 11.1 Å². The average Bonchev–Trinajstić information content (AvgIpc) is 2.39. The average molecular weight is 255 g/mol. The van der Waals surface area contributed by atoms with Gasteiger partial charge in [-0.3, -0.25) is 4.79 Å². The van der Waals surface area contributed by atoms with E-state index >= 15 is 0 Å². The molecular weight excluding hydrogens is 238 g/mol. The molecule has 0 aromatic carbocycles. The fourth-order valence-electron chi connectivity index (χ4n) is 1.99. The van der Waals surface area contributed by atoms with E-state index in [9.17, 15) is 4.79 Å². The molecule has 2 atom stereocenters. The molecule has 2 N–H and O–H groups in total. The molecule has 100 valence electrons. The molecule has 0 spiro atoms. The van der Waals surface area contributed by atoms with E-state index < -0.39 is 0 Å². The van der Waals surface area contributed by atoms with Gasteiger partial charge in [0.25, 0.3) is 5.56 Å². The summed E-state index contributed by atoms with van der Waals surface area (Å²) in [7, 11) is 1.43. The number of hydrogen-bond donors (Lipinski definition) is 2. The van der Waals surface area contributed by atoms with Crippen molar-refractivity contribution in [3.8, 4) is 5.75 Å². The molecule has 1 aromatic heterocycles. The number of H-pyrrole nitrogens is 1. The number of aliphatic hydroxyl groups excluding tert-OH is 1. The molecule has 7 heteroatoms. The quantitative estimate of drug-likeness (QED) is 0.747. The number of nitrogens with one attached hydrogen (secondary N) is 1. The molecule has 0 saturated carbocycles. The highest BCUT2D eigenvalue weighted by Gasteiger charge is 2.29. The summed E-state index contributed by atoms with van der Waals surface area (Å²) in [6, 6.07) is 0.0657. The topological polar surface area (TPSA) is 87.7 Å². The van der Waals surface area contributed by atoms with E-state index in [4.69, 9.17) is 14.6 Å². The first-order valence-electron chi connectivity index (χ1n) is 5.78. The maximum absolute atomic E-state index is 11.6. The van der Waals surface area contributed by atoms with Gasteiger partial charge in [-0.05, 0) is 6.92 Å². The van der Waals surface area contributed by atoms with Crippen molar-refractivity contribution < 1.29 is 14.6 Å². The second kappa shape index (κ2) is 5.36.